The monoisotopic (exact) mass is 517 g/mol. The number of carbonyl (C=O) groups is 1. The quantitative estimate of drug-likeness (QED) is 0.384. The number of anilines is 3. The summed E-state index contributed by atoms with van der Waals surface area (Å²) in [7, 11) is 0. The number of nitrogens with zero attached hydrogens (tertiary/aromatic N) is 5. The number of piperidine rings is 1. The lowest BCUT2D eigenvalue weighted by Crippen LogP contribution is -2.44. The largest absolute Gasteiger partial charge is 0.356 e. The molecular weight excluding hydrogens is 482 g/mol. The predicted octanol–water partition coefficient (Wildman–Crippen LogP) is 4.99. The molecule has 3 aromatic rings. The third kappa shape index (κ3) is 6.15. The molecule has 3 fully saturated rings. The summed E-state index contributed by atoms with van der Waals surface area (Å²) in [5, 5.41) is 11.4. The summed E-state index contributed by atoms with van der Waals surface area (Å²) in [6.07, 6.45) is 7.68. The Balaban J connectivity index is 1.18. The molecule has 0 radical (unpaired) electrons. The van der Waals surface area contributed by atoms with E-state index >= 15 is 0 Å². The van der Waals surface area contributed by atoms with Gasteiger partial charge in [0.2, 0.25) is 0 Å². The number of aryl methyl sites for hydroxylation is 1. The number of ketones is 1. The van der Waals surface area contributed by atoms with Crippen LogP contribution in [0.1, 0.15) is 49.8 Å². The van der Waals surface area contributed by atoms with Gasteiger partial charge < -0.3 is 15.1 Å². The fraction of sp³-hybridized carbons (Fsp3) is 0.500. The molecule has 2 aromatic heterocycles. The molecule has 0 amide bonds. The van der Waals surface area contributed by atoms with Gasteiger partial charge in [-0.1, -0.05) is 12.1 Å². The van der Waals surface area contributed by atoms with Crippen LogP contribution < -0.4 is 10.2 Å². The van der Waals surface area contributed by atoms with Gasteiger partial charge in [-0.15, -0.1) is 0 Å². The Labute approximate surface area is 222 Å². The van der Waals surface area contributed by atoms with Gasteiger partial charge in [-0.25, -0.2) is 9.97 Å². The van der Waals surface area contributed by atoms with E-state index in [0.29, 0.717) is 29.3 Å². The molecule has 3 aliphatic rings. The molecule has 0 spiro atoms. The lowest BCUT2D eigenvalue weighted by Gasteiger charge is -2.37. The highest BCUT2D eigenvalue weighted by atomic mass is 32.2. The van der Waals surface area contributed by atoms with Crippen LogP contribution in [0.5, 0.6) is 0 Å². The van der Waals surface area contributed by atoms with E-state index in [-0.39, 0.29) is 0 Å². The van der Waals surface area contributed by atoms with E-state index in [1.807, 2.05) is 19.1 Å². The van der Waals surface area contributed by atoms with E-state index in [1.165, 1.54) is 38.8 Å². The van der Waals surface area contributed by atoms with Gasteiger partial charge >= 0.3 is 0 Å². The van der Waals surface area contributed by atoms with Crippen molar-refractivity contribution >= 4 is 35.0 Å². The topological polar surface area (TPSA) is 90.0 Å². The Bertz CT molecular complexity index is 1230. The zero-order chi connectivity index (χ0) is 25.2. The fourth-order valence-electron chi connectivity index (χ4n) is 5.40. The summed E-state index contributed by atoms with van der Waals surface area (Å²) in [5.74, 6) is 3.12. The Morgan fingerprint density at radius 2 is 1.76 bits per heavy atom. The second kappa shape index (κ2) is 10.8. The summed E-state index contributed by atoms with van der Waals surface area (Å²) in [5.41, 5.74) is 2.07. The molecule has 2 N–H and O–H groups in total. The Morgan fingerprint density at radius 3 is 2.43 bits per heavy atom. The van der Waals surface area contributed by atoms with E-state index in [4.69, 9.17) is 9.97 Å². The molecule has 0 unspecified atom stereocenters. The van der Waals surface area contributed by atoms with Gasteiger partial charge in [0.25, 0.3) is 0 Å². The first-order valence-corrected chi connectivity index (χ1v) is 14.4. The number of benzene rings is 1. The first-order valence-electron chi connectivity index (χ1n) is 13.6. The zero-order valence-corrected chi connectivity index (χ0v) is 22.3. The predicted molar refractivity (Wildman–Crippen MR) is 147 cm³/mol. The minimum absolute atomic E-state index is 0.301. The van der Waals surface area contributed by atoms with Crippen molar-refractivity contribution in [3.8, 4) is 0 Å². The van der Waals surface area contributed by atoms with E-state index in [9.17, 15) is 4.79 Å². The lowest BCUT2D eigenvalue weighted by atomic mass is 10.0. The third-order valence-corrected chi connectivity index (χ3v) is 8.52. The maximum absolute atomic E-state index is 12.2. The van der Waals surface area contributed by atoms with Crippen LogP contribution in [-0.2, 0) is 11.2 Å². The van der Waals surface area contributed by atoms with Crippen molar-refractivity contribution in [1.29, 1.82) is 0 Å². The van der Waals surface area contributed by atoms with Gasteiger partial charge in [0.1, 0.15) is 17.4 Å². The fourth-order valence-corrected chi connectivity index (χ4v) is 6.16. The number of hydrogen-bond donors (Lipinski definition) is 2. The highest BCUT2D eigenvalue weighted by Gasteiger charge is 2.29. The van der Waals surface area contributed by atoms with Gasteiger partial charge in [-0.2, -0.15) is 5.10 Å². The van der Waals surface area contributed by atoms with Crippen LogP contribution in [0.25, 0.3) is 0 Å². The van der Waals surface area contributed by atoms with Gasteiger partial charge in [0.05, 0.1) is 0 Å². The Hall–Kier alpha value is -2.91. The van der Waals surface area contributed by atoms with Crippen molar-refractivity contribution < 1.29 is 4.79 Å². The SMILES string of the molecule is Cc1cc(Nc2cc(N3CCC(N4CCCC4)CC3)nc(Sc3ccc(CC(=O)C4CC4)cc3)n2)n[nH]1. The average Bonchev–Trinajstić information content (AvgIpc) is 3.47. The van der Waals surface area contributed by atoms with Crippen molar-refractivity contribution in [2.45, 2.75) is 68.0 Å². The highest BCUT2D eigenvalue weighted by Crippen LogP contribution is 2.33. The highest BCUT2D eigenvalue weighted by molar-refractivity contribution is 7.99. The van der Waals surface area contributed by atoms with Gasteiger partial charge in [-0.3, -0.25) is 9.89 Å². The van der Waals surface area contributed by atoms with Crippen LogP contribution >= 0.6 is 11.8 Å². The van der Waals surface area contributed by atoms with E-state index < -0.39 is 0 Å². The molecule has 8 nitrogen and oxygen atoms in total. The van der Waals surface area contributed by atoms with E-state index in [0.717, 1.165) is 59.5 Å². The molecule has 1 saturated carbocycles. The number of aromatic amines is 1. The first kappa shape index (κ1) is 24.4. The molecule has 1 aromatic carbocycles. The number of aromatic nitrogens is 4. The van der Waals surface area contributed by atoms with Gasteiger partial charge in [0, 0.05) is 54.2 Å². The Kier molecular flexibility index (Phi) is 7.15. The number of Topliss-reactive ketones (excluding diaryl/α,β-unsaturated/α-hetero) is 1. The average molecular weight is 518 g/mol. The molecule has 6 rings (SSSR count). The van der Waals surface area contributed by atoms with Crippen molar-refractivity contribution in [2.75, 3.05) is 36.4 Å². The number of carbonyl (C=O) groups excluding carboxylic acids is 1. The second-order valence-corrected chi connectivity index (χ2v) is 11.6. The summed E-state index contributed by atoms with van der Waals surface area (Å²) in [4.78, 5) is 28.1. The molecule has 37 heavy (non-hydrogen) atoms. The number of likely N-dealkylation sites (tertiary alicyclic amines) is 1. The molecule has 194 valence electrons. The number of H-pyrrole nitrogens is 1. The van der Waals surface area contributed by atoms with Crippen molar-refractivity contribution in [3.63, 3.8) is 0 Å². The van der Waals surface area contributed by atoms with Gasteiger partial charge in [-0.05, 0) is 88.0 Å². The number of nitrogens with one attached hydrogen (secondary N) is 2. The van der Waals surface area contributed by atoms with Crippen LogP contribution in [0.2, 0.25) is 0 Å². The molecular formula is C28H35N7OS. The Morgan fingerprint density at radius 1 is 1.00 bits per heavy atom. The molecule has 0 bridgehead atoms. The van der Waals surface area contributed by atoms with Gasteiger partial charge in [0.15, 0.2) is 11.0 Å². The summed E-state index contributed by atoms with van der Waals surface area (Å²) in [6.45, 7) is 6.50. The van der Waals surface area contributed by atoms with Crippen molar-refractivity contribution in [3.05, 3.63) is 47.7 Å². The smallest absolute Gasteiger partial charge is 0.196 e. The maximum atomic E-state index is 12.2. The molecule has 1 aliphatic carbocycles. The molecule has 2 aliphatic heterocycles. The normalized spacial score (nSPS) is 18.9. The minimum Gasteiger partial charge on any atom is -0.356 e. The molecule has 9 heteroatoms. The van der Waals surface area contributed by atoms with E-state index in [1.54, 1.807) is 11.8 Å². The van der Waals surface area contributed by atoms with Crippen molar-refractivity contribution in [2.24, 2.45) is 5.92 Å². The second-order valence-electron chi connectivity index (χ2n) is 10.6. The van der Waals surface area contributed by atoms with Crippen LogP contribution in [0, 0.1) is 12.8 Å². The van der Waals surface area contributed by atoms with Crippen LogP contribution in [-0.4, -0.2) is 63.1 Å². The molecule has 2 saturated heterocycles. The van der Waals surface area contributed by atoms with Crippen molar-refractivity contribution in [1.82, 2.24) is 25.1 Å². The summed E-state index contributed by atoms with van der Waals surface area (Å²) >= 11 is 1.55. The lowest BCUT2D eigenvalue weighted by molar-refractivity contribution is -0.119. The molecule has 0 atom stereocenters. The van der Waals surface area contributed by atoms with E-state index in [2.05, 4.69) is 49.6 Å². The van der Waals surface area contributed by atoms with Crippen LogP contribution in [0.3, 0.4) is 0 Å². The summed E-state index contributed by atoms with van der Waals surface area (Å²) in [6, 6.07) is 13.0. The third-order valence-electron chi connectivity index (χ3n) is 7.64. The number of hydrogen-bond acceptors (Lipinski definition) is 8. The molecule has 4 heterocycles. The number of rotatable bonds is 9. The first-order chi connectivity index (χ1) is 18.1. The minimum atomic E-state index is 0.301. The zero-order valence-electron chi connectivity index (χ0n) is 21.4. The maximum Gasteiger partial charge on any atom is 0.196 e. The summed E-state index contributed by atoms with van der Waals surface area (Å²) < 4.78 is 0. The van der Waals surface area contributed by atoms with Crippen LogP contribution in [0.15, 0.2) is 46.5 Å². The standard InChI is InChI=1S/C28H35N7OS/c1-19-16-26(33-32-19)29-25-18-27(35-14-10-22(11-15-35)34-12-2-3-13-34)31-28(30-25)37-23-8-4-20(5-9-23)17-24(36)21-6-7-21/h4-5,8-9,16,18,21-22H,2-3,6-7,10-15,17H2,1H3,(H2,29,30,31,32,33). The van der Waals surface area contributed by atoms with Crippen LogP contribution in [0.4, 0.5) is 17.5 Å².